The van der Waals surface area contributed by atoms with Gasteiger partial charge in [0.15, 0.2) is 0 Å². The largest absolute Gasteiger partial charge is 0.478 e. The van der Waals surface area contributed by atoms with Crippen molar-refractivity contribution in [1.82, 2.24) is 4.90 Å². The maximum atomic E-state index is 13.2. The fraction of sp³-hybridized carbons (Fsp3) is 0.357. The number of aliphatic carboxylic acids is 1. The Morgan fingerprint density at radius 1 is 1.50 bits per heavy atom. The Bertz CT molecular complexity index is 443. The average Bonchev–Trinajstić information content (AvgIpc) is 2.29. The third-order valence-electron chi connectivity index (χ3n) is 2.56. The van der Waals surface area contributed by atoms with E-state index in [2.05, 4.69) is 11.8 Å². The van der Waals surface area contributed by atoms with E-state index in [0.717, 1.165) is 24.6 Å². The van der Waals surface area contributed by atoms with Crippen LogP contribution in [0.25, 0.3) is 6.08 Å². The van der Waals surface area contributed by atoms with Crippen molar-refractivity contribution < 1.29 is 14.3 Å². The Labute approximate surface area is 107 Å². The number of carboxylic acids is 1. The summed E-state index contributed by atoms with van der Waals surface area (Å²) in [6, 6.07) is 4.45. The molecule has 1 rings (SSSR count). The van der Waals surface area contributed by atoms with Crippen LogP contribution < -0.4 is 0 Å². The Kier molecular flexibility index (Phi) is 5.52. The van der Waals surface area contributed by atoms with Gasteiger partial charge in [-0.25, -0.2) is 9.18 Å². The van der Waals surface area contributed by atoms with Crippen molar-refractivity contribution in [3.8, 4) is 0 Å². The van der Waals surface area contributed by atoms with E-state index in [-0.39, 0.29) is 5.82 Å². The predicted molar refractivity (Wildman–Crippen MR) is 69.7 cm³/mol. The van der Waals surface area contributed by atoms with E-state index in [1.54, 1.807) is 6.07 Å². The summed E-state index contributed by atoms with van der Waals surface area (Å²) in [5.74, 6) is -1.39. The molecule has 1 aromatic carbocycles. The van der Waals surface area contributed by atoms with Gasteiger partial charge in [-0.05, 0) is 49.3 Å². The van der Waals surface area contributed by atoms with Crippen molar-refractivity contribution in [3.05, 3.63) is 41.2 Å². The first-order valence-electron chi connectivity index (χ1n) is 5.91. The maximum Gasteiger partial charge on any atom is 0.328 e. The first kappa shape index (κ1) is 14.4. The van der Waals surface area contributed by atoms with Crippen LogP contribution in [0.3, 0.4) is 0 Å². The number of carbonyl (C=O) groups is 1. The first-order chi connectivity index (χ1) is 8.52. The van der Waals surface area contributed by atoms with E-state index in [4.69, 9.17) is 5.11 Å². The summed E-state index contributed by atoms with van der Waals surface area (Å²) in [4.78, 5) is 12.6. The molecule has 0 amide bonds. The predicted octanol–water partition coefficient (Wildman–Crippen LogP) is 2.77. The lowest BCUT2D eigenvalue weighted by Crippen LogP contribution is -2.19. The molecular weight excluding hydrogens is 233 g/mol. The number of nitrogens with zero attached hydrogens (tertiary/aromatic N) is 1. The molecular formula is C14H18FNO2. The summed E-state index contributed by atoms with van der Waals surface area (Å²) >= 11 is 0. The van der Waals surface area contributed by atoms with Crippen molar-refractivity contribution >= 4 is 12.0 Å². The number of hydrogen-bond acceptors (Lipinski definition) is 2. The van der Waals surface area contributed by atoms with Crippen LogP contribution in [0.4, 0.5) is 4.39 Å². The van der Waals surface area contributed by atoms with Crippen LogP contribution in [-0.4, -0.2) is 29.6 Å². The molecule has 0 aliphatic heterocycles. The quantitative estimate of drug-likeness (QED) is 0.790. The standard InChI is InChI=1S/C14H18FNO2/c1-3-8-16(2)10-12-4-6-13(15)9-11(12)5-7-14(17)18/h4-7,9H,3,8,10H2,1-2H3,(H,17,18). The summed E-state index contributed by atoms with van der Waals surface area (Å²) in [5, 5.41) is 8.61. The number of carboxylic acid groups (broad SMARTS) is 1. The molecule has 0 spiro atoms. The monoisotopic (exact) mass is 251 g/mol. The second-order valence-corrected chi connectivity index (χ2v) is 4.25. The highest BCUT2D eigenvalue weighted by molar-refractivity contribution is 5.85. The molecule has 4 heteroatoms. The molecule has 18 heavy (non-hydrogen) atoms. The molecule has 0 aliphatic rings. The van der Waals surface area contributed by atoms with Gasteiger partial charge < -0.3 is 10.0 Å². The van der Waals surface area contributed by atoms with E-state index < -0.39 is 5.97 Å². The van der Waals surface area contributed by atoms with Gasteiger partial charge in [0.2, 0.25) is 0 Å². The second kappa shape index (κ2) is 6.91. The molecule has 0 radical (unpaired) electrons. The molecule has 1 N–H and O–H groups in total. The van der Waals surface area contributed by atoms with Crippen molar-refractivity contribution in [2.75, 3.05) is 13.6 Å². The van der Waals surface area contributed by atoms with Crippen LogP contribution >= 0.6 is 0 Å². The summed E-state index contributed by atoms with van der Waals surface area (Å²) in [6.45, 7) is 3.71. The number of benzene rings is 1. The molecule has 0 aliphatic carbocycles. The van der Waals surface area contributed by atoms with Crippen LogP contribution in [0.5, 0.6) is 0 Å². The zero-order valence-electron chi connectivity index (χ0n) is 10.7. The van der Waals surface area contributed by atoms with E-state index >= 15 is 0 Å². The van der Waals surface area contributed by atoms with Crippen LogP contribution in [0.1, 0.15) is 24.5 Å². The fourth-order valence-corrected chi connectivity index (χ4v) is 1.78. The molecule has 1 aromatic rings. The summed E-state index contributed by atoms with van der Waals surface area (Å²) in [6.07, 6.45) is 3.50. The van der Waals surface area contributed by atoms with Crippen LogP contribution in [0.2, 0.25) is 0 Å². The topological polar surface area (TPSA) is 40.5 Å². The van der Waals surface area contributed by atoms with Gasteiger partial charge in [-0.1, -0.05) is 13.0 Å². The van der Waals surface area contributed by atoms with E-state index in [0.29, 0.717) is 12.1 Å². The minimum atomic E-state index is -1.04. The highest BCUT2D eigenvalue weighted by atomic mass is 19.1. The average molecular weight is 251 g/mol. The summed E-state index contributed by atoms with van der Waals surface area (Å²) in [5.41, 5.74) is 1.53. The van der Waals surface area contributed by atoms with E-state index in [1.165, 1.54) is 18.2 Å². The highest BCUT2D eigenvalue weighted by Gasteiger charge is 2.05. The zero-order valence-corrected chi connectivity index (χ0v) is 10.7. The molecule has 98 valence electrons. The molecule has 0 bridgehead atoms. The van der Waals surface area contributed by atoms with Crippen molar-refractivity contribution in [2.24, 2.45) is 0 Å². The summed E-state index contributed by atoms with van der Waals surface area (Å²) < 4.78 is 13.2. The van der Waals surface area contributed by atoms with Gasteiger partial charge in [-0.2, -0.15) is 0 Å². The molecule has 3 nitrogen and oxygen atoms in total. The van der Waals surface area contributed by atoms with Gasteiger partial charge >= 0.3 is 5.97 Å². The molecule has 0 heterocycles. The second-order valence-electron chi connectivity index (χ2n) is 4.25. The minimum absolute atomic E-state index is 0.359. The van der Waals surface area contributed by atoms with Gasteiger partial charge in [0.25, 0.3) is 0 Å². The number of rotatable bonds is 6. The Morgan fingerprint density at radius 2 is 2.22 bits per heavy atom. The van der Waals surface area contributed by atoms with Crippen LogP contribution in [0, 0.1) is 5.82 Å². The Balaban J connectivity index is 2.92. The van der Waals surface area contributed by atoms with Crippen LogP contribution in [0.15, 0.2) is 24.3 Å². The normalized spacial score (nSPS) is 11.3. The molecule has 0 atom stereocenters. The van der Waals surface area contributed by atoms with Crippen LogP contribution in [-0.2, 0) is 11.3 Å². The van der Waals surface area contributed by atoms with Gasteiger partial charge in [0.1, 0.15) is 5.82 Å². The lowest BCUT2D eigenvalue weighted by Gasteiger charge is -2.17. The summed E-state index contributed by atoms with van der Waals surface area (Å²) in [7, 11) is 1.98. The Hall–Kier alpha value is -1.68. The number of halogens is 1. The smallest absolute Gasteiger partial charge is 0.328 e. The van der Waals surface area contributed by atoms with Gasteiger partial charge in [-0.15, -0.1) is 0 Å². The molecule has 0 fully saturated rings. The van der Waals surface area contributed by atoms with E-state index in [1.807, 2.05) is 7.05 Å². The molecule has 0 aromatic heterocycles. The third kappa shape index (κ3) is 4.67. The maximum absolute atomic E-state index is 13.2. The molecule has 0 saturated heterocycles. The first-order valence-corrected chi connectivity index (χ1v) is 5.91. The fourth-order valence-electron chi connectivity index (χ4n) is 1.78. The Morgan fingerprint density at radius 3 is 2.83 bits per heavy atom. The van der Waals surface area contributed by atoms with Crippen molar-refractivity contribution in [1.29, 1.82) is 0 Å². The molecule has 0 unspecified atom stereocenters. The lowest BCUT2D eigenvalue weighted by atomic mass is 10.1. The van der Waals surface area contributed by atoms with Crippen molar-refractivity contribution in [2.45, 2.75) is 19.9 Å². The zero-order chi connectivity index (χ0) is 13.5. The van der Waals surface area contributed by atoms with Crippen molar-refractivity contribution in [3.63, 3.8) is 0 Å². The van der Waals surface area contributed by atoms with Gasteiger partial charge in [0, 0.05) is 12.6 Å². The minimum Gasteiger partial charge on any atom is -0.478 e. The lowest BCUT2D eigenvalue weighted by molar-refractivity contribution is -0.131. The molecule has 0 saturated carbocycles. The number of hydrogen-bond donors (Lipinski definition) is 1. The highest BCUT2D eigenvalue weighted by Crippen LogP contribution is 2.15. The third-order valence-corrected chi connectivity index (χ3v) is 2.56. The van der Waals surface area contributed by atoms with Gasteiger partial charge in [-0.3, -0.25) is 0 Å². The van der Waals surface area contributed by atoms with Gasteiger partial charge in [0.05, 0.1) is 0 Å². The van der Waals surface area contributed by atoms with E-state index in [9.17, 15) is 9.18 Å². The SMILES string of the molecule is CCCN(C)Cc1ccc(F)cc1C=CC(=O)O.